The monoisotopic (exact) mass is 348 g/mol. The summed E-state index contributed by atoms with van der Waals surface area (Å²) in [6, 6.07) is 6.55. The number of carbonyl (C=O) groups is 1. The first-order chi connectivity index (χ1) is 11.4. The zero-order valence-electron chi connectivity index (χ0n) is 13.2. The Hall–Kier alpha value is -2.61. The molecule has 0 saturated heterocycles. The second kappa shape index (κ2) is 6.12. The molecule has 126 valence electrons. The number of hydrogen-bond donors (Lipinski definition) is 0. The van der Waals surface area contributed by atoms with Gasteiger partial charge in [-0.25, -0.2) is 13.2 Å². The van der Waals surface area contributed by atoms with Crippen molar-refractivity contribution in [3.8, 4) is 0 Å². The molecule has 7 nitrogen and oxygen atoms in total. The minimum atomic E-state index is -3.48. The number of fused-ring (bicyclic) bond motifs is 1. The zero-order chi connectivity index (χ0) is 17.3. The SMILES string of the molecule is CCOC(=O)c1cc2cc(CS(=O)(=O)c3cnn(C)c3)ccc2o1. The van der Waals surface area contributed by atoms with Crippen molar-refractivity contribution in [3.05, 3.63) is 48.0 Å². The Kier molecular flexibility index (Phi) is 4.15. The highest BCUT2D eigenvalue weighted by Gasteiger charge is 2.19. The number of nitrogens with zero attached hydrogens (tertiary/aromatic N) is 2. The van der Waals surface area contributed by atoms with Crippen LogP contribution in [-0.4, -0.2) is 30.8 Å². The summed E-state index contributed by atoms with van der Waals surface area (Å²) >= 11 is 0. The molecule has 2 heterocycles. The fourth-order valence-corrected chi connectivity index (χ4v) is 3.65. The number of rotatable bonds is 5. The van der Waals surface area contributed by atoms with Crippen molar-refractivity contribution >= 4 is 26.8 Å². The number of sulfone groups is 1. The van der Waals surface area contributed by atoms with E-state index < -0.39 is 15.8 Å². The average molecular weight is 348 g/mol. The summed E-state index contributed by atoms with van der Waals surface area (Å²) in [4.78, 5) is 11.9. The molecule has 8 heteroatoms. The Morgan fingerprint density at radius 3 is 2.79 bits per heavy atom. The number of aryl methyl sites for hydroxylation is 1. The number of carbonyl (C=O) groups excluding carboxylic acids is 1. The van der Waals surface area contributed by atoms with Crippen molar-refractivity contribution in [2.75, 3.05) is 6.61 Å². The van der Waals surface area contributed by atoms with Crippen molar-refractivity contribution in [1.29, 1.82) is 0 Å². The van der Waals surface area contributed by atoms with Crippen LogP contribution in [0.2, 0.25) is 0 Å². The minimum Gasteiger partial charge on any atom is -0.460 e. The van der Waals surface area contributed by atoms with Crippen LogP contribution < -0.4 is 0 Å². The van der Waals surface area contributed by atoms with Gasteiger partial charge in [-0.15, -0.1) is 0 Å². The topological polar surface area (TPSA) is 91.4 Å². The summed E-state index contributed by atoms with van der Waals surface area (Å²) in [5.41, 5.74) is 1.10. The molecule has 2 aromatic heterocycles. The van der Waals surface area contributed by atoms with Crippen molar-refractivity contribution < 1.29 is 22.4 Å². The molecule has 0 bridgehead atoms. The molecule has 24 heavy (non-hydrogen) atoms. The Balaban J connectivity index is 1.89. The number of hydrogen-bond acceptors (Lipinski definition) is 6. The van der Waals surface area contributed by atoms with Crippen LogP contribution in [0, 0.1) is 0 Å². The van der Waals surface area contributed by atoms with Gasteiger partial charge in [0.15, 0.2) is 9.84 Å². The minimum absolute atomic E-state index is 0.0964. The van der Waals surface area contributed by atoms with Gasteiger partial charge in [-0.1, -0.05) is 6.07 Å². The predicted octanol–water partition coefficient (Wildman–Crippen LogP) is 2.32. The van der Waals surface area contributed by atoms with Gasteiger partial charge in [0.05, 0.1) is 18.6 Å². The lowest BCUT2D eigenvalue weighted by molar-refractivity contribution is 0.0492. The van der Waals surface area contributed by atoms with E-state index in [0.29, 0.717) is 16.5 Å². The average Bonchev–Trinajstić information content (AvgIpc) is 3.13. The van der Waals surface area contributed by atoms with E-state index >= 15 is 0 Å². The van der Waals surface area contributed by atoms with Crippen molar-refractivity contribution in [2.24, 2.45) is 7.05 Å². The molecule has 0 radical (unpaired) electrons. The van der Waals surface area contributed by atoms with Gasteiger partial charge in [0.2, 0.25) is 5.76 Å². The Morgan fingerprint density at radius 2 is 2.12 bits per heavy atom. The standard InChI is InChI=1S/C16H16N2O5S/c1-3-22-16(19)15-7-12-6-11(4-5-14(12)23-15)10-24(20,21)13-8-17-18(2)9-13/h4-9H,3,10H2,1-2H3. The normalized spacial score (nSPS) is 11.8. The number of furan rings is 1. The maximum absolute atomic E-state index is 12.4. The number of esters is 1. The highest BCUT2D eigenvalue weighted by atomic mass is 32.2. The third-order valence-electron chi connectivity index (χ3n) is 3.45. The van der Waals surface area contributed by atoms with E-state index in [1.807, 2.05) is 0 Å². The highest BCUT2D eigenvalue weighted by molar-refractivity contribution is 7.90. The number of aromatic nitrogens is 2. The van der Waals surface area contributed by atoms with E-state index in [-0.39, 0.29) is 23.0 Å². The molecule has 3 rings (SSSR count). The van der Waals surface area contributed by atoms with Crippen molar-refractivity contribution in [3.63, 3.8) is 0 Å². The highest BCUT2D eigenvalue weighted by Crippen LogP contribution is 2.24. The third kappa shape index (κ3) is 3.18. The second-order valence-corrected chi connectivity index (χ2v) is 7.30. The maximum Gasteiger partial charge on any atom is 0.374 e. The smallest absolute Gasteiger partial charge is 0.374 e. The van der Waals surface area contributed by atoms with Gasteiger partial charge < -0.3 is 9.15 Å². The van der Waals surface area contributed by atoms with Crippen LogP contribution in [-0.2, 0) is 27.4 Å². The van der Waals surface area contributed by atoms with Crippen molar-refractivity contribution in [1.82, 2.24) is 9.78 Å². The lowest BCUT2D eigenvalue weighted by Crippen LogP contribution is -2.04. The van der Waals surface area contributed by atoms with Crippen LogP contribution in [0.25, 0.3) is 11.0 Å². The molecular weight excluding hydrogens is 332 g/mol. The van der Waals surface area contributed by atoms with E-state index in [2.05, 4.69) is 5.10 Å². The maximum atomic E-state index is 12.4. The quantitative estimate of drug-likeness (QED) is 0.657. The first kappa shape index (κ1) is 16.3. The zero-order valence-corrected chi connectivity index (χ0v) is 14.0. The van der Waals surface area contributed by atoms with Crippen LogP contribution in [0.4, 0.5) is 0 Å². The second-order valence-electron chi connectivity index (χ2n) is 5.31. The Bertz CT molecular complexity index is 1000. The summed E-state index contributed by atoms with van der Waals surface area (Å²) in [6.07, 6.45) is 2.79. The molecular formula is C16H16N2O5S. The van der Waals surface area contributed by atoms with Crippen LogP contribution in [0.1, 0.15) is 23.0 Å². The van der Waals surface area contributed by atoms with Crippen LogP contribution in [0.15, 0.2) is 46.0 Å². The first-order valence-electron chi connectivity index (χ1n) is 7.30. The molecule has 0 fully saturated rings. The van der Waals surface area contributed by atoms with Crippen LogP contribution >= 0.6 is 0 Å². The molecule has 0 amide bonds. The fourth-order valence-electron chi connectivity index (χ4n) is 2.35. The fraction of sp³-hybridized carbons (Fsp3) is 0.250. The van der Waals surface area contributed by atoms with Gasteiger partial charge in [0, 0.05) is 18.6 Å². The molecule has 0 aliphatic carbocycles. The summed E-state index contributed by atoms with van der Waals surface area (Å²) in [6.45, 7) is 1.96. The number of benzene rings is 1. The van der Waals surface area contributed by atoms with Gasteiger partial charge in [-0.2, -0.15) is 5.10 Å². The van der Waals surface area contributed by atoms with E-state index in [0.717, 1.165) is 0 Å². The molecule has 1 aromatic carbocycles. The molecule has 0 aliphatic rings. The largest absolute Gasteiger partial charge is 0.460 e. The van der Waals surface area contributed by atoms with Gasteiger partial charge in [0.1, 0.15) is 10.5 Å². The Morgan fingerprint density at radius 1 is 1.33 bits per heavy atom. The van der Waals surface area contributed by atoms with E-state index in [1.54, 1.807) is 38.2 Å². The molecule has 0 aliphatic heterocycles. The molecule has 0 unspecified atom stereocenters. The van der Waals surface area contributed by atoms with Gasteiger partial charge >= 0.3 is 5.97 Å². The van der Waals surface area contributed by atoms with Crippen molar-refractivity contribution in [2.45, 2.75) is 17.6 Å². The van der Waals surface area contributed by atoms with E-state index in [9.17, 15) is 13.2 Å². The van der Waals surface area contributed by atoms with E-state index in [4.69, 9.17) is 9.15 Å². The predicted molar refractivity (Wildman–Crippen MR) is 86.3 cm³/mol. The van der Waals surface area contributed by atoms with Gasteiger partial charge in [-0.3, -0.25) is 4.68 Å². The van der Waals surface area contributed by atoms with Gasteiger partial charge in [-0.05, 0) is 30.7 Å². The van der Waals surface area contributed by atoms with Crippen LogP contribution in [0.5, 0.6) is 0 Å². The summed E-state index contributed by atoms with van der Waals surface area (Å²) in [5, 5.41) is 4.54. The molecule has 0 N–H and O–H groups in total. The lowest BCUT2D eigenvalue weighted by atomic mass is 10.2. The molecule has 0 atom stereocenters. The summed E-state index contributed by atoms with van der Waals surface area (Å²) < 4.78 is 36.5. The third-order valence-corrected chi connectivity index (χ3v) is 5.10. The molecule has 0 saturated carbocycles. The summed E-state index contributed by atoms with van der Waals surface area (Å²) in [5.74, 6) is -0.605. The first-order valence-corrected chi connectivity index (χ1v) is 8.95. The number of ether oxygens (including phenoxy) is 1. The molecule has 0 spiro atoms. The lowest BCUT2D eigenvalue weighted by Gasteiger charge is -2.02. The van der Waals surface area contributed by atoms with E-state index in [1.165, 1.54) is 17.1 Å². The Labute approximate surface area is 138 Å². The van der Waals surface area contributed by atoms with Gasteiger partial charge in [0.25, 0.3) is 0 Å². The molecule has 3 aromatic rings. The summed E-state index contributed by atoms with van der Waals surface area (Å²) in [7, 11) is -1.82. The van der Waals surface area contributed by atoms with Crippen LogP contribution in [0.3, 0.4) is 0 Å².